The van der Waals surface area contributed by atoms with Gasteiger partial charge >= 0.3 is 6.18 Å². The van der Waals surface area contributed by atoms with E-state index in [0.29, 0.717) is 44.5 Å². The minimum atomic E-state index is -4.41. The van der Waals surface area contributed by atoms with Crippen LogP contribution in [0.15, 0.2) is 18.2 Å². The fraction of sp³-hybridized carbons (Fsp3) is 0.714. The van der Waals surface area contributed by atoms with Crippen LogP contribution in [-0.2, 0) is 20.9 Å². The molecule has 0 spiro atoms. The average molecular weight is 464 g/mol. The van der Waals surface area contributed by atoms with Gasteiger partial charge in [0.15, 0.2) is 0 Å². The largest absolute Gasteiger partial charge is 0.418 e. The maximum Gasteiger partial charge on any atom is 0.418 e. The summed E-state index contributed by atoms with van der Waals surface area (Å²) in [6.45, 7) is 5.67. The first-order valence-corrected chi connectivity index (χ1v) is 12.4. The molecule has 31 heavy (non-hydrogen) atoms. The van der Waals surface area contributed by atoms with Crippen LogP contribution in [0.3, 0.4) is 0 Å². The molecule has 0 bridgehead atoms. The van der Waals surface area contributed by atoms with E-state index in [9.17, 15) is 21.6 Å². The Hall–Kier alpha value is -1.52. The second kappa shape index (κ2) is 9.95. The van der Waals surface area contributed by atoms with Crippen molar-refractivity contribution in [3.63, 3.8) is 0 Å². The van der Waals surface area contributed by atoms with Crippen LogP contribution in [-0.4, -0.2) is 52.6 Å². The van der Waals surface area contributed by atoms with Crippen LogP contribution in [0.4, 0.5) is 24.5 Å². The Balaban J connectivity index is 1.58. The lowest BCUT2D eigenvalue weighted by atomic mass is 9.86. The quantitative estimate of drug-likeness (QED) is 0.643. The van der Waals surface area contributed by atoms with Gasteiger partial charge < -0.3 is 15.0 Å². The molecule has 1 saturated heterocycles. The minimum absolute atomic E-state index is 0.0392. The molecule has 2 aliphatic rings. The number of sulfonamides is 1. The van der Waals surface area contributed by atoms with Crippen molar-refractivity contribution >= 4 is 21.4 Å². The molecule has 1 heterocycles. The second-order valence-corrected chi connectivity index (χ2v) is 10.9. The maximum absolute atomic E-state index is 13.5. The maximum atomic E-state index is 13.5. The lowest BCUT2D eigenvalue weighted by Gasteiger charge is -2.32. The van der Waals surface area contributed by atoms with E-state index in [2.05, 4.69) is 10.0 Å². The normalized spacial score (nSPS) is 23.2. The summed E-state index contributed by atoms with van der Waals surface area (Å²) >= 11 is 0. The summed E-state index contributed by atoms with van der Waals surface area (Å²) in [6, 6.07) is 4.17. The summed E-state index contributed by atoms with van der Waals surface area (Å²) in [6.07, 6.45) is -1.13. The molecule has 176 valence electrons. The third kappa shape index (κ3) is 6.49. The summed E-state index contributed by atoms with van der Waals surface area (Å²) < 4.78 is 72.6. The monoisotopic (exact) mass is 463 g/mol. The molecule has 3 rings (SSSR count). The Bertz CT molecular complexity index is 832. The fourth-order valence-electron chi connectivity index (χ4n) is 4.06. The van der Waals surface area contributed by atoms with E-state index in [4.69, 9.17) is 4.74 Å². The highest BCUT2D eigenvalue weighted by molar-refractivity contribution is 7.90. The van der Waals surface area contributed by atoms with Crippen LogP contribution >= 0.6 is 0 Å². The Labute approximate surface area is 182 Å². The van der Waals surface area contributed by atoms with E-state index >= 15 is 0 Å². The number of anilines is 2. The zero-order valence-electron chi connectivity index (χ0n) is 18.0. The summed E-state index contributed by atoms with van der Waals surface area (Å²) in [5, 5.41) is 2.84. The van der Waals surface area contributed by atoms with Crippen LogP contribution in [0.1, 0.15) is 45.1 Å². The molecule has 0 unspecified atom stereocenters. The lowest BCUT2D eigenvalue weighted by molar-refractivity contribution is -0.137. The minimum Gasteiger partial charge on any atom is -0.385 e. The highest BCUT2D eigenvalue weighted by Gasteiger charge is 2.35. The molecule has 1 aromatic rings. The molecular weight excluding hydrogens is 431 g/mol. The van der Waals surface area contributed by atoms with Gasteiger partial charge in [-0.3, -0.25) is 0 Å². The number of hydrogen-bond acceptors (Lipinski definition) is 5. The topological polar surface area (TPSA) is 70.7 Å². The Morgan fingerprint density at radius 1 is 1.13 bits per heavy atom. The lowest BCUT2D eigenvalue weighted by Crippen LogP contribution is -2.41. The summed E-state index contributed by atoms with van der Waals surface area (Å²) in [4.78, 5) is 1.73. The molecule has 1 aromatic carbocycles. The summed E-state index contributed by atoms with van der Waals surface area (Å²) in [5.41, 5.74) is 0.225. The van der Waals surface area contributed by atoms with Gasteiger partial charge in [-0.1, -0.05) is 0 Å². The molecule has 0 amide bonds. The van der Waals surface area contributed by atoms with Crippen molar-refractivity contribution in [2.75, 3.05) is 43.1 Å². The van der Waals surface area contributed by atoms with Crippen molar-refractivity contribution < 1.29 is 26.3 Å². The Kier molecular flexibility index (Phi) is 7.75. The SMILES string of the molecule is CC(C)S(=O)(=O)N[C@H]1CC[C@H](CNc2ccc(C(F)(F)F)c(N3CCOCC3)c2)CC1. The molecule has 0 radical (unpaired) electrons. The van der Waals surface area contributed by atoms with Crippen molar-refractivity contribution in [3.05, 3.63) is 23.8 Å². The third-order valence-corrected chi connectivity index (χ3v) is 7.95. The van der Waals surface area contributed by atoms with E-state index < -0.39 is 27.0 Å². The number of hydrogen-bond donors (Lipinski definition) is 2. The van der Waals surface area contributed by atoms with E-state index in [1.165, 1.54) is 6.07 Å². The van der Waals surface area contributed by atoms with Crippen molar-refractivity contribution in [1.82, 2.24) is 4.72 Å². The van der Waals surface area contributed by atoms with Crippen LogP contribution in [0.5, 0.6) is 0 Å². The standard InChI is InChI=1S/C21H32F3N3O3S/c1-15(2)31(28,29)26-17-5-3-16(4-6-17)14-25-18-7-8-19(21(22,23)24)20(13-18)27-9-11-30-12-10-27/h7-8,13,15-17,25-26H,3-6,9-12,14H2,1-2H3/t16-,17-. The number of benzene rings is 1. The van der Waals surface area contributed by atoms with Gasteiger partial charge in [0, 0.05) is 31.4 Å². The highest BCUT2D eigenvalue weighted by atomic mass is 32.2. The second-order valence-electron chi connectivity index (χ2n) is 8.64. The van der Waals surface area contributed by atoms with Crippen LogP contribution in [0, 0.1) is 5.92 Å². The van der Waals surface area contributed by atoms with Crippen molar-refractivity contribution in [3.8, 4) is 0 Å². The van der Waals surface area contributed by atoms with Gasteiger partial charge in [0.05, 0.1) is 29.7 Å². The van der Waals surface area contributed by atoms with Crippen molar-refractivity contribution in [1.29, 1.82) is 0 Å². The first kappa shape index (κ1) is 24.1. The highest BCUT2D eigenvalue weighted by Crippen LogP contribution is 2.38. The van der Waals surface area contributed by atoms with E-state index in [-0.39, 0.29) is 11.7 Å². The molecule has 2 N–H and O–H groups in total. The molecule has 0 atom stereocenters. The molecule has 1 aliphatic heterocycles. The number of halogens is 3. The molecule has 1 aliphatic carbocycles. The number of nitrogens with one attached hydrogen (secondary N) is 2. The first-order chi connectivity index (χ1) is 14.6. The van der Waals surface area contributed by atoms with Crippen LogP contribution in [0.25, 0.3) is 0 Å². The number of alkyl halides is 3. The van der Waals surface area contributed by atoms with Gasteiger partial charge in [-0.15, -0.1) is 0 Å². The van der Waals surface area contributed by atoms with E-state index in [0.717, 1.165) is 31.7 Å². The molecule has 6 nitrogen and oxygen atoms in total. The Morgan fingerprint density at radius 2 is 1.77 bits per heavy atom. The van der Waals surface area contributed by atoms with Gasteiger partial charge in [0.25, 0.3) is 0 Å². The molecular formula is C21H32F3N3O3S. The van der Waals surface area contributed by atoms with E-state index in [1.807, 2.05) is 0 Å². The molecule has 10 heteroatoms. The van der Waals surface area contributed by atoms with Gasteiger partial charge in [0.2, 0.25) is 10.0 Å². The van der Waals surface area contributed by atoms with Gasteiger partial charge in [-0.2, -0.15) is 13.2 Å². The van der Waals surface area contributed by atoms with Crippen LogP contribution < -0.4 is 14.9 Å². The summed E-state index contributed by atoms with van der Waals surface area (Å²) in [5.74, 6) is 0.355. The predicted molar refractivity (Wildman–Crippen MR) is 116 cm³/mol. The Morgan fingerprint density at radius 3 is 2.35 bits per heavy atom. The van der Waals surface area contributed by atoms with Gasteiger partial charge in [0.1, 0.15) is 0 Å². The predicted octanol–water partition coefficient (Wildman–Crippen LogP) is 3.84. The molecule has 0 aromatic heterocycles. The average Bonchev–Trinajstić information content (AvgIpc) is 2.72. The zero-order chi connectivity index (χ0) is 22.6. The first-order valence-electron chi connectivity index (χ1n) is 10.8. The smallest absolute Gasteiger partial charge is 0.385 e. The molecule has 1 saturated carbocycles. The van der Waals surface area contributed by atoms with Gasteiger partial charge in [-0.05, 0) is 63.6 Å². The van der Waals surface area contributed by atoms with Crippen molar-refractivity contribution in [2.24, 2.45) is 5.92 Å². The number of morpholine rings is 1. The van der Waals surface area contributed by atoms with Crippen molar-refractivity contribution in [2.45, 2.75) is 57.0 Å². The number of nitrogens with zero attached hydrogens (tertiary/aromatic N) is 1. The number of rotatable bonds is 7. The third-order valence-electron chi connectivity index (χ3n) is 6.05. The molecule has 2 fully saturated rings. The van der Waals surface area contributed by atoms with E-state index in [1.54, 1.807) is 24.8 Å². The van der Waals surface area contributed by atoms with Gasteiger partial charge in [-0.25, -0.2) is 13.1 Å². The summed E-state index contributed by atoms with van der Waals surface area (Å²) in [7, 11) is -3.27. The van der Waals surface area contributed by atoms with Crippen LogP contribution in [0.2, 0.25) is 0 Å². The number of ether oxygens (including phenoxy) is 1. The zero-order valence-corrected chi connectivity index (χ0v) is 18.9. The fourth-order valence-corrected chi connectivity index (χ4v) is 5.03.